The summed E-state index contributed by atoms with van der Waals surface area (Å²) in [6.45, 7) is 3.23. The highest BCUT2D eigenvalue weighted by Crippen LogP contribution is 2.29. The second-order valence-corrected chi connectivity index (χ2v) is 5.76. The summed E-state index contributed by atoms with van der Waals surface area (Å²) in [5.41, 5.74) is -0.0944. The van der Waals surface area contributed by atoms with Gasteiger partial charge in [-0.25, -0.2) is 9.37 Å². The molecule has 2 heterocycles. The highest BCUT2D eigenvalue weighted by Gasteiger charge is 2.31. The summed E-state index contributed by atoms with van der Waals surface area (Å²) in [5.74, 6) is 0.317. The Balaban J connectivity index is 1.58. The Morgan fingerprint density at radius 3 is 2.25 bits per heavy atom. The minimum Gasteiger partial charge on any atom is -0.354 e. The molecule has 1 fully saturated rings. The molecule has 0 amide bonds. The molecule has 1 saturated heterocycles. The van der Waals surface area contributed by atoms with Gasteiger partial charge in [0.15, 0.2) is 0 Å². The molecule has 0 atom stereocenters. The Morgan fingerprint density at radius 2 is 1.67 bits per heavy atom. The monoisotopic (exact) mass is 339 g/mol. The molecule has 0 aliphatic carbocycles. The number of benzene rings is 1. The van der Waals surface area contributed by atoms with Crippen molar-refractivity contribution in [3.8, 4) is 0 Å². The maximum absolute atomic E-state index is 13.7. The lowest BCUT2D eigenvalue weighted by Gasteiger charge is -2.35. The maximum Gasteiger partial charge on any atom is 0.417 e. The van der Waals surface area contributed by atoms with E-state index in [0.29, 0.717) is 44.1 Å². The van der Waals surface area contributed by atoms with Gasteiger partial charge < -0.3 is 4.90 Å². The number of halogens is 4. The van der Waals surface area contributed by atoms with Crippen LogP contribution in [-0.4, -0.2) is 36.1 Å². The number of hydrogen-bond acceptors (Lipinski definition) is 3. The van der Waals surface area contributed by atoms with Gasteiger partial charge in [0.2, 0.25) is 0 Å². The van der Waals surface area contributed by atoms with Crippen molar-refractivity contribution in [1.82, 2.24) is 9.88 Å². The van der Waals surface area contributed by atoms with Crippen LogP contribution in [0.3, 0.4) is 0 Å². The molecule has 1 aliphatic rings. The molecule has 0 N–H and O–H groups in total. The molecule has 0 unspecified atom stereocenters. The van der Waals surface area contributed by atoms with Gasteiger partial charge in [0.1, 0.15) is 11.6 Å². The summed E-state index contributed by atoms with van der Waals surface area (Å²) in [5, 5.41) is 0. The van der Waals surface area contributed by atoms with E-state index >= 15 is 0 Å². The third-order valence-electron chi connectivity index (χ3n) is 4.12. The molecule has 128 valence electrons. The van der Waals surface area contributed by atoms with Crippen molar-refractivity contribution in [3.63, 3.8) is 0 Å². The molecule has 7 heteroatoms. The number of aromatic nitrogens is 1. The number of pyridine rings is 1. The largest absolute Gasteiger partial charge is 0.417 e. The van der Waals surface area contributed by atoms with E-state index < -0.39 is 11.7 Å². The molecule has 1 aromatic heterocycles. The molecule has 1 aliphatic heterocycles. The van der Waals surface area contributed by atoms with Crippen LogP contribution >= 0.6 is 0 Å². The van der Waals surface area contributed by atoms with Crippen molar-refractivity contribution >= 4 is 5.82 Å². The summed E-state index contributed by atoms with van der Waals surface area (Å²) < 4.78 is 51.4. The van der Waals surface area contributed by atoms with Gasteiger partial charge in [0.25, 0.3) is 0 Å². The number of hydrogen-bond donors (Lipinski definition) is 0. The van der Waals surface area contributed by atoms with Crippen molar-refractivity contribution in [2.24, 2.45) is 0 Å². The first-order chi connectivity index (χ1) is 11.4. The van der Waals surface area contributed by atoms with Crippen LogP contribution in [0.2, 0.25) is 0 Å². The summed E-state index contributed by atoms with van der Waals surface area (Å²) in [4.78, 5) is 7.99. The van der Waals surface area contributed by atoms with Crippen LogP contribution in [0.1, 0.15) is 11.1 Å². The van der Waals surface area contributed by atoms with Gasteiger partial charge in [-0.15, -0.1) is 0 Å². The summed E-state index contributed by atoms with van der Waals surface area (Å²) in [6.07, 6.45) is -3.51. The van der Waals surface area contributed by atoms with Crippen molar-refractivity contribution in [2.45, 2.75) is 12.7 Å². The fourth-order valence-electron chi connectivity index (χ4n) is 2.74. The zero-order chi connectivity index (χ0) is 17.2. The number of piperazine rings is 1. The SMILES string of the molecule is Fc1ccccc1CN1CCN(c2ccc(C(F)(F)F)cn2)CC1. The van der Waals surface area contributed by atoms with Gasteiger partial charge in [-0.1, -0.05) is 18.2 Å². The van der Waals surface area contributed by atoms with Crippen molar-refractivity contribution < 1.29 is 17.6 Å². The molecule has 24 heavy (non-hydrogen) atoms. The van der Waals surface area contributed by atoms with Gasteiger partial charge in [-0.05, 0) is 18.2 Å². The predicted molar refractivity (Wildman–Crippen MR) is 83.1 cm³/mol. The third-order valence-corrected chi connectivity index (χ3v) is 4.12. The molecule has 3 nitrogen and oxygen atoms in total. The van der Waals surface area contributed by atoms with Crippen molar-refractivity contribution in [3.05, 3.63) is 59.5 Å². The quantitative estimate of drug-likeness (QED) is 0.797. The van der Waals surface area contributed by atoms with Crippen LogP contribution in [0, 0.1) is 5.82 Å². The number of nitrogens with zero attached hydrogens (tertiary/aromatic N) is 3. The lowest BCUT2D eigenvalue weighted by Crippen LogP contribution is -2.46. The van der Waals surface area contributed by atoms with Gasteiger partial charge in [-0.2, -0.15) is 13.2 Å². The molecule has 2 aromatic rings. The third kappa shape index (κ3) is 3.84. The van der Waals surface area contributed by atoms with E-state index in [9.17, 15) is 17.6 Å². The van der Waals surface area contributed by atoms with E-state index in [-0.39, 0.29) is 5.82 Å². The van der Waals surface area contributed by atoms with Crippen molar-refractivity contribution in [2.75, 3.05) is 31.1 Å². The average Bonchev–Trinajstić information content (AvgIpc) is 2.57. The van der Waals surface area contributed by atoms with E-state index in [0.717, 1.165) is 12.3 Å². The fourth-order valence-corrected chi connectivity index (χ4v) is 2.74. The maximum atomic E-state index is 13.7. The molecule has 0 bridgehead atoms. The molecule has 1 aromatic carbocycles. The Labute approximate surface area is 137 Å². The van der Waals surface area contributed by atoms with Crippen LogP contribution in [0.4, 0.5) is 23.4 Å². The predicted octanol–water partition coefficient (Wildman–Crippen LogP) is 3.56. The number of anilines is 1. The van der Waals surface area contributed by atoms with E-state index in [4.69, 9.17) is 0 Å². The average molecular weight is 339 g/mol. The second-order valence-electron chi connectivity index (χ2n) is 5.76. The van der Waals surface area contributed by atoms with E-state index in [2.05, 4.69) is 9.88 Å². The molecule has 0 saturated carbocycles. The number of rotatable bonds is 3. The van der Waals surface area contributed by atoms with Gasteiger partial charge >= 0.3 is 6.18 Å². The minimum absolute atomic E-state index is 0.218. The molecule has 3 rings (SSSR count). The smallest absolute Gasteiger partial charge is 0.354 e. The Morgan fingerprint density at radius 1 is 0.958 bits per heavy atom. The Kier molecular flexibility index (Phi) is 4.71. The second kappa shape index (κ2) is 6.76. The van der Waals surface area contributed by atoms with E-state index in [1.165, 1.54) is 12.1 Å². The zero-order valence-electron chi connectivity index (χ0n) is 12.9. The Bertz CT molecular complexity index is 677. The zero-order valence-corrected chi connectivity index (χ0v) is 12.9. The standard InChI is InChI=1S/C17H17F4N3/c18-15-4-2-1-3-13(15)12-23-7-9-24(10-8-23)16-6-5-14(11-22-16)17(19,20)21/h1-6,11H,7-10,12H2. The van der Waals surface area contributed by atoms with Crippen LogP contribution in [-0.2, 0) is 12.7 Å². The topological polar surface area (TPSA) is 19.4 Å². The summed E-state index contributed by atoms with van der Waals surface area (Å²) in [7, 11) is 0. The van der Waals surface area contributed by atoms with Crippen LogP contribution in [0.15, 0.2) is 42.6 Å². The summed E-state index contributed by atoms with van der Waals surface area (Å²) in [6, 6.07) is 9.12. The lowest BCUT2D eigenvalue weighted by atomic mass is 10.2. The minimum atomic E-state index is -4.37. The number of alkyl halides is 3. The Hall–Kier alpha value is -2.15. The van der Waals surface area contributed by atoms with E-state index in [1.54, 1.807) is 18.2 Å². The van der Waals surface area contributed by atoms with Crippen LogP contribution < -0.4 is 4.90 Å². The van der Waals surface area contributed by atoms with E-state index in [1.807, 2.05) is 4.90 Å². The first-order valence-corrected chi connectivity index (χ1v) is 7.67. The lowest BCUT2D eigenvalue weighted by molar-refractivity contribution is -0.137. The molecule has 0 spiro atoms. The summed E-state index contributed by atoms with van der Waals surface area (Å²) >= 11 is 0. The molecule has 0 radical (unpaired) electrons. The molecular formula is C17H17F4N3. The van der Waals surface area contributed by atoms with Gasteiger partial charge in [-0.3, -0.25) is 4.90 Å². The first kappa shape index (κ1) is 16.7. The van der Waals surface area contributed by atoms with Crippen LogP contribution in [0.5, 0.6) is 0 Å². The van der Waals surface area contributed by atoms with Gasteiger partial charge in [0, 0.05) is 44.5 Å². The molecular weight excluding hydrogens is 322 g/mol. The highest BCUT2D eigenvalue weighted by atomic mass is 19.4. The highest BCUT2D eigenvalue weighted by molar-refractivity contribution is 5.40. The van der Waals surface area contributed by atoms with Gasteiger partial charge in [0.05, 0.1) is 5.56 Å². The first-order valence-electron chi connectivity index (χ1n) is 7.67. The van der Waals surface area contributed by atoms with Crippen LogP contribution in [0.25, 0.3) is 0 Å². The van der Waals surface area contributed by atoms with Crippen molar-refractivity contribution in [1.29, 1.82) is 0 Å². The normalized spacial score (nSPS) is 16.4. The fraction of sp³-hybridized carbons (Fsp3) is 0.353.